The molecule has 0 saturated carbocycles. The van der Waals surface area contributed by atoms with E-state index in [1.165, 1.54) is 0 Å². The molecule has 136 valence electrons. The van der Waals surface area contributed by atoms with Crippen LogP contribution in [-0.4, -0.2) is 46.2 Å². The van der Waals surface area contributed by atoms with Gasteiger partial charge in [0.2, 0.25) is 10.0 Å². The number of furan rings is 1. The van der Waals surface area contributed by atoms with Gasteiger partial charge in [-0.15, -0.1) is 0 Å². The second kappa shape index (κ2) is 8.01. The molecule has 0 radical (unpaired) electrons. The van der Waals surface area contributed by atoms with Gasteiger partial charge in [-0.1, -0.05) is 15.9 Å². The summed E-state index contributed by atoms with van der Waals surface area (Å²) in [7, 11) is -3.58. The second-order valence-electron chi connectivity index (χ2n) is 5.92. The topological polar surface area (TPSA) is 71.8 Å². The zero-order chi connectivity index (χ0) is 17.9. The molecule has 8 heteroatoms. The van der Waals surface area contributed by atoms with Crippen molar-refractivity contribution in [1.82, 2.24) is 9.62 Å². The summed E-state index contributed by atoms with van der Waals surface area (Å²) in [6.07, 6.45) is 0. The third kappa shape index (κ3) is 4.71. The smallest absolute Gasteiger partial charge is 0.240 e. The molecule has 6 nitrogen and oxygen atoms in total. The Morgan fingerprint density at radius 2 is 1.84 bits per heavy atom. The van der Waals surface area contributed by atoms with E-state index in [9.17, 15) is 8.42 Å². The van der Waals surface area contributed by atoms with Crippen LogP contribution in [0.4, 0.5) is 0 Å². The number of aryl methyl sites for hydroxylation is 1. The van der Waals surface area contributed by atoms with E-state index in [2.05, 4.69) is 25.6 Å². The molecule has 1 fully saturated rings. The minimum absolute atomic E-state index is 0.164. The fourth-order valence-corrected chi connectivity index (χ4v) is 4.12. The number of nitrogens with one attached hydrogen (secondary N) is 1. The summed E-state index contributed by atoms with van der Waals surface area (Å²) in [5, 5.41) is 0. The first-order valence-electron chi connectivity index (χ1n) is 8.09. The highest BCUT2D eigenvalue weighted by Gasteiger charge is 2.27. The van der Waals surface area contributed by atoms with Crippen LogP contribution in [0.5, 0.6) is 0 Å². The largest absolute Gasteiger partial charge is 0.465 e. The Labute approximate surface area is 156 Å². The average Bonchev–Trinajstić information content (AvgIpc) is 3.02. The lowest BCUT2D eigenvalue weighted by molar-refractivity contribution is 0.0127. The molecule has 2 aromatic rings. The van der Waals surface area contributed by atoms with Gasteiger partial charge in [-0.3, -0.25) is 4.90 Å². The van der Waals surface area contributed by atoms with Gasteiger partial charge in [0.15, 0.2) is 0 Å². The monoisotopic (exact) mass is 428 g/mol. The molecule has 1 aromatic heterocycles. The van der Waals surface area contributed by atoms with Crippen molar-refractivity contribution in [2.75, 3.05) is 32.8 Å². The van der Waals surface area contributed by atoms with Crippen LogP contribution >= 0.6 is 15.9 Å². The standard InChI is InChI=1S/C17H21BrN2O4S/c1-13-2-7-17(24-13)16(20-8-10-23-11-9-20)12-19-25(21,22)15-5-3-14(18)4-6-15/h2-7,16,19H,8-12H2,1H3. The first-order chi connectivity index (χ1) is 12.0. The molecule has 1 aliphatic heterocycles. The number of ether oxygens (including phenoxy) is 1. The molecule has 0 amide bonds. The molecule has 1 unspecified atom stereocenters. The van der Waals surface area contributed by atoms with Crippen LogP contribution in [0, 0.1) is 6.92 Å². The zero-order valence-electron chi connectivity index (χ0n) is 13.9. The van der Waals surface area contributed by atoms with Gasteiger partial charge in [-0.05, 0) is 43.3 Å². The summed E-state index contributed by atoms with van der Waals surface area (Å²) in [4.78, 5) is 2.43. The van der Waals surface area contributed by atoms with Crippen LogP contribution in [0.3, 0.4) is 0 Å². The van der Waals surface area contributed by atoms with E-state index in [0.29, 0.717) is 13.2 Å². The first kappa shape index (κ1) is 18.6. The highest BCUT2D eigenvalue weighted by Crippen LogP contribution is 2.24. The van der Waals surface area contributed by atoms with Crippen LogP contribution in [0.1, 0.15) is 17.6 Å². The summed E-state index contributed by atoms with van der Waals surface area (Å²) in [6, 6.07) is 10.2. The van der Waals surface area contributed by atoms with Gasteiger partial charge in [-0.25, -0.2) is 13.1 Å². The van der Waals surface area contributed by atoms with E-state index >= 15 is 0 Å². The lowest BCUT2D eigenvalue weighted by Gasteiger charge is -2.33. The molecule has 1 aromatic carbocycles. The van der Waals surface area contributed by atoms with E-state index in [0.717, 1.165) is 29.1 Å². The van der Waals surface area contributed by atoms with Crippen molar-refractivity contribution in [2.45, 2.75) is 17.9 Å². The van der Waals surface area contributed by atoms with Gasteiger partial charge in [0.05, 0.1) is 24.2 Å². The van der Waals surface area contributed by atoms with Crippen molar-refractivity contribution in [3.63, 3.8) is 0 Å². The molecule has 1 atom stereocenters. The summed E-state index contributed by atoms with van der Waals surface area (Å²) >= 11 is 3.31. The maximum atomic E-state index is 12.6. The predicted octanol–water partition coefficient (Wildman–Crippen LogP) is 2.70. The van der Waals surface area contributed by atoms with Gasteiger partial charge in [0.25, 0.3) is 0 Å². The van der Waals surface area contributed by atoms with Gasteiger partial charge in [-0.2, -0.15) is 0 Å². The van der Waals surface area contributed by atoms with Crippen LogP contribution in [-0.2, 0) is 14.8 Å². The Morgan fingerprint density at radius 3 is 2.44 bits per heavy atom. The third-order valence-electron chi connectivity index (χ3n) is 4.17. The lowest BCUT2D eigenvalue weighted by atomic mass is 10.2. The van der Waals surface area contributed by atoms with Gasteiger partial charge < -0.3 is 9.15 Å². The second-order valence-corrected chi connectivity index (χ2v) is 8.60. The van der Waals surface area contributed by atoms with E-state index in [1.54, 1.807) is 24.3 Å². The SMILES string of the molecule is Cc1ccc(C(CNS(=O)(=O)c2ccc(Br)cc2)N2CCOCC2)o1. The summed E-state index contributed by atoms with van der Waals surface area (Å²) in [6.45, 7) is 4.87. The minimum Gasteiger partial charge on any atom is -0.465 e. The number of rotatable bonds is 6. The van der Waals surface area contributed by atoms with E-state index in [-0.39, 0.29) is 17.5 Å². The number of hydrogen-bond donors (Lipinski definition) is 1. The van der Waals surface area contributed by atoms with Crippen LogP contribution in [0.15, 0.2) is 50.2 Å². The Hall–Kier alpha value is -1.19. The molecule has 2 heterocycles. The lowest BCUT2D eigenvalue weighted by Crippen LogP contribution is -2.43. The van der Waals surface area contributed by atoms with Gasteiger partial charge in [0.1, 0.15) is 11.5 Å². The maximum absolute atomic E-state index is 12.6. The van der Waals surface area contributed by atoms with E-state index < -0.39 is 10.0 Å². The van der Waals surface area contributed by atoms with Crippen molar-refractivity contribution in [2.24, 2.45) is 0 Å². The number of nitrogens with zero attached hydrogens (tertiary/aromatic N) is 1. The van der Waals surface area contributed by atoms with Crippen molar-refractivity contribution >= 4 is 26.0 Å². The van der Waals surface area contributed by atoms with Crippen molar-refractivity contribution in [3.8, 4) is 0 Å². The maximum Gasteiger partial charge on any atom is 0.240 e. The van der Waals surface area contributed by atoms with Crippen LogP contribution in [0.25, 0.3) is 0 Å². The highest BCUT2D eigenvalue weighted by molar-refractivity contribution is 9.10. The molecule has 1 N–H and O–H groups in total. The van der Waals surface area contributed by atoms with Crippen LogP contribution < -0.4 is 4.72 Å². The fourth-order valence-electron chi connectivity index (χ4n) is 2.82. The summed E-state index contributed by atoms with van der Waals surface area (Å²) in [5.41, 5.74) is 0. The van der Waals surface area contributed by atoms with Crippen molar-refractivity contribution in [3.05, 3.63) is 52.4 Å². The summed E-state index contributed by atoms with van der Waals surface area (Å²) in [5.74, 6) is 1.57. The third-order valence-corrected chi connectivity index (χ3v) is 6.13. The zero-order valence-corrected chi connectivity index (χ0v) is 16.3. The Bertz CT molecular complexity index is 798. The average molecular weight is 429 g/mol. The Balaban J connectivity index is 1.76. The highest BCUT2D eigenvalue weighted by atomic mass is 79.9. The quantitative estimate of drug-likeness (QED) is 0.765. The molecule has 0 aliphatic carbocycles. The first-order valence-corrected chi connectivity index (χ1v) is 10.4. The molecule has 25 heavy (non-hydrogen) atoms. The molecule has 0 spiro atoms. The van der Waals surface area contributed by atoms with E-state index in [4.69, 9.17) is 9.15 Å². The van der Waals surface area contributed by atoms with Crippen molar-refractivity contribution < 1.29 is 17.6 Å². The molecular formula is C17H21BrN2O4S. The Morgan fingerprint density at radius 1 is 1.16 bits per heavy atom. The fraction of sp³-hybridized carbons (Fsp3) is 0.412. The number of benzene rings is 1. The number of sulfonamides is 1. The number of morpholine rings is 1. The Kier molecular flexibility index (Phi) is 5.96. The summed E-state index contributed by atoms with van der Waals surface area (Å²) < 4.78 is 39.8. The molecule has 0 bridgehead atoms. The van der Waals surface area contributed by atoms with E-state index in [1.807, 2.05) is 19.1 Å². The molecule has 3 rings (SSSR count). The minimum atomic E-state index is -3.58. The molecule has 1 saturated heterocycles. The molecule has 1 aliphatic rings. The predicted molar refractivity (Wildman–Crippen MR) is 97.9 cm³/mol. The number of halogens is 1. The number of hydrogen-bond acceptors (Lipinski definition) is 5. The normalized spacial score (nSPS) is 17.5. The van der Waals surface area contributed by atoms with Gasteiger partial charge >= 0.3 is 0 Å². The van der Waals surface area contributed by atoms with Crippen molar-refractivity contribution in [1.29, 1.82) is 0 Å². The van der Waals surface area contributed by atoms with Crippen LogP contribution in [0.2, 0.25) is 0 Å². The molecular weight excluding hydrogens is 408 g/mol. The van der Waals surface area contributed by atoms with Gasteiger partial charge in [0, 0.05) is 24.1 Å².